The fourth-order valence-electron chi connectivity index (χ4n) is 2.19. The van der Waals surface area contributed by atoms with Crippen molar-refractivity contribution < 1.29 is 4.79 Å². The molecule has 0 radical (unpaired) electrons. The van der Waals surface area contributed by atoms with E-state index in [1.54, 1.807) is 0 Å². The summed E-state index contributed by atoms with van der Waals surface area (Å²) in [6.45, 7) is 13.8. The summed E-state index contributed by atoms with van der Waals surface area (Å²) in [6.07, 6.45) is 4.60. The van der Waals surface area contributed by atoms with Gasteiger partial charge in [-0.2, -0.15) is 0 Å². The molecule has 116 valence electrons. The fourth-order valence-corrected chi connectivity index (χ4v) is 2.19. The van der Waals surface area contributed by atoms with Crippen molar-refractivity contribution >= 4 is 12.0 Å². The molecule has 0 aliphatic rings. The second kappa shape index (κ2) is 8.02. The van der Waals surface area contributed by atoms with Gasteiger partial charge in [-0.1, -0.05) is 71.0 Å². The molecule has 0 heterocycles. The van der Waals surface area contributed by atoms with E-state index in [9.17, 15) is 4.79 Å². The van der Waals surface area contributed by atoms with Crippen LogP contribution in [-0.4, -0.2) is 17.4 Å². The molecule has 0 spiro atoms. The third-order valence-electron chi connectivity index (χ3n) is 3.40. The molecule has 0 atom stereocenters. The second-order valence-corrected chi connectivity index (χ2v) is 6.85. The van der Waals surface area contributed by atoms with Crippen LogP contribution in [0.3, 0.4) is 0 Å². The van der Waals surface area contributed by atoms with Crippen LogP contribution in [0, 0.1) is 5.41 Å². The zero-order valence-corrected chi connectivity index (χ0v) is 14.0. The topological polar surface area (TPSA) is 20.3 Å². The average molecular weight is 287 g/mol. The first-order valence-electron chi connectivity index (χ1n) is 7.85. The zero-order chi connectivity index (χ0) is 15.9. The Kier molecular flexibility index (Phi) is 6.67. The Bertz CT molecular complexity index is 453. The van der Waals surface area contributed by atoms with E-state index in [-0.39, 0.29) is 11.3 Å². The van der Waals surface area contributed by atoms with E-state index in [2.05, 4.69) is 58.5 Å². The van der Waals surface area contributed by atoms with E-state index >= 15 is 0 Å². The Morgan fingerprint density at radius 3 is 2.33 bits per heavy atom. The highest BCUT2D eigenvalue weighted by molar-refractivity contribution is 5.76. The molecule has 1 rings (SSSR count). The normalized spacial score (nSPS) is 11.2. The predicted octanol–water partition coefficient (Wildman–Crippen LogP) is 4.89. The van der Waals surface area contributed by atoms with E-state index in [1.807, 2.05) is 11.0 Å². The summed E-state index contributed by atoms with van der Waals surface area (Å²) in [6, 6.07) is 8.27. The van der Waals surface area contributed by atoms with Crippen LogP contribution >= 0.6 is 0 Å². The minimum atomic E-state index is 0.0360. The molecule has 0 unspecified atom stereocenters. The van der Waals surface area contributed by atoms with Crippen molar-refractivity contribution in [2.24, 2.45) is 5.41 Å². The number of hydrogen-bond acceptors (Lipinski definition) is 1. The van der Waals surface area contributed by atoms with Gasteiger partial charge in [-0.3, -0.25) is 4.79 Å². The molecular formula is C19H29NO. The van der Waals surface area contributed by atoms with Gasteiger partial charge < -0.3 is 4.90 Å². The van der Waals surface area contributed by atoms with E-state index in [0.717, 1.165) is 24.9 Å². The fraction of sp³-hybridized carbons (Fsp3) is 0.526. The smallest absolute Gasteiger partial charge is 0.223 e. The van der Waals surface area contributed by atoms with Gasteiger partial charge in [0.25, 0.3) is 0 Å². The van der Waals surface area contributed by atoms with Crippen molar-refractivity contribution in [1.82, 2.24) is 4.90 Å². The van der Waals surface area contributed by atoms with Crippen molar-refractivity contribution in [3.8, 4) is 0 Å². The summed E-state index contributed by atoms with van der Waals surface area (Å²) < 4.78 is 0. The van der Waals surface area contributed by atoms with Crippen molar-refractivity contribution in [2.45, 2.75) is 53.5 Å². The Hall–Kier alpha value is -1.57. The third kappa shape index (κ3) is 6.61. The zero-order valence-electron chi connectivity index (χ0n) is 14.0. The quantitative estimate of drug-likeness (QED) is 0.699. The summed E-state index contributed by atoms with van der Waals surface area (Å²) in [4.78, 5) is 14.5. The summed E-state index contributed by atoms with van der Waals surface area (Å²) >= 11 is 0. The maximum Gasteiger partial charge on any atom is 0.223 e. The van der Waals surface area contributed by atoms with Gasteiger partial charge in [0.1, 0.15) is 0 Å². The Morgan fingerprint density at radius 2 is 1.86 bits per heavy atom. The SMILES string of the molecule is C=Cc1ccc(CN(CCCC)C(=O)CC(C)(C)C)cc1. The molecular weight excluding hydrogens is 258 g/mol. The van der Waals surface area contributed by atoms with Crippen molar-refractivity contribution in [2.75, 3.05) is 6.54 Å². The number of rotatable bonds is 7. The van der Waals surface area contributed by atoms with Crippen LogP contribution in [0.15, 0.2) is 30.8 Å². The van der Waals surface area contributed by atoms with Gasteiger partial charge in [-0.05, 0) is 23.0 Å². The van der Waals surface area contributed by atoms with Crippen LogP contribution in [0.25, 0.3) is 6.08 Å². The lowest BCUT2D eigenvalue weighted by atomic mass is 9.91. The first-order chi connectivity index (χ1) is 9.85. The number of nitrogens with zero attached hydrogens (tertiary/aromatic N) is 1. The van der Waals surface area contributed by atoms with Crippen LogP contribution in [0.1, 0.15) is 58.1 Å². The molecule has 0 N–H and O–H groups in total. The Morgan fingerprint density at radius 1 is 1.24 bits per heavy atom. The molecule has 0 bridgehead atoms. The summed E-state index contributed by atoms with van der Waals surface area (Å²) in [7, 11) is 0. The highest BCUT2D eigenvalue weighted by atomic mass is 16.2. The van der Waals surface area contributed by atoms with Gasteiger partial charge >= 0.3 is 0 Å². The molecule has 2 heteroatoms. The molecule has 0 aliphatic carbocycles. The molecule has 0 saturated heterocycles. The number of amides is 1. The van der Waals surface area contributed by atoms with E-state index in [4.69, 9.17) is 0 Å². The van der Waals surface area contributed by atoms with Crippen LogP contribution in [-0.2, 0) is 11.3 Å². The first kappa shape index (κ1) is 17.5. The lowest BCUT2D eigenvalue weighted by Gasteiger charge is -2.27. The van der Waals surface area contributed by atoms with Gasteiger partial charge in [0, 0.05) is 19.5 Å². The molecule has 0 fully saturated rings. The first-order valence-corrected chi connectivity index (χ1v) is 7.85. The Balaban J connectivity index is 2.76. The van der Waals surface area contributed by atoms with Crippen LogP contribution < -0.4 is 0 Å². The van der Waals surface area contributed by atoms with Crippen LogP contribution in [0.2, 0.25) is 0 Å². The number of unbranched alkanes of at least 4 members (excludes halogenated alkanes) is 1. The highest BCUT2D eigenvalue weighted by Crippen LogP contribution is 2.21. The number of benzene rings is 1. The van der Waals surface area contributed by atoms with Crippen LogP contribution in [0.5, 0.6) is 0 Å². The third-order valence-corrected chi connectivity index (χ3v) is 3.40. The number of carbonyl (C=O) groups excluding carboxylic acids is 1. The minimum Gasteiger partial charge on any atom is -0.338 e. The van der Waals surface area contributed by atoms with Gasteiger partial charge in [-0.15, -0.1) is 0 Å². The average Bonchev–Trinajstić information content (AvgIpc) is 2.42. The molecule has 2 nitrogen and oxygen atoms in total. The molecule has 0 aromatic heterocycles. The lowest BCUT2D eigenvalue weighted by molar-refractivity contribution is -0.133. The Labute approximate surface area is 129 Å². The van der Waals surface area contributed by atoms with E-state index < -0.39 is 0 Å². The molecule has 1 amide bonds. The van der Waals surface area contributed by atoms with E-state index in [0.29, 0.717) is 13.0 Å². The highest BCUT2D eigenvalue weighted by Gasteiger charge is 2.21. The van der Waals surface area contributed by atoms with Crippen molar-refractivity contribution in [3.05, 3.63) is 42.0 Å². The molecule has 21 heavy (non-hydrogen) atoms. The maximum absolute atomic E-state index is 12.5. The second-order valence-electron chi connectivity index (χ2n) is 6.85. The predicted molar refractivity (Wildman–Crippen MR) is 90.9 cm³/mol. The number of hydrogen-bond donors (Lipinski definition) is 0. The van der Waals surface area contributed by atoms with E-state index in [1.165, 1.54) is 5.56 Å². The van der Waals surface area contributed by atoms with Gasteiger partial charge in [0.15, 0.2) is 0 Å². The molecule has 0 aliphatic heterocycles. The monoisotopic (exact) mass is 287 g/mol. The summed E-state index contributed by atoms with van der Waals surface area (Å²) in [5, 5.41) is 0. The molecule has 0 saturated carbocycles. The largest absolute Gasteiger partial charge is 0.338 e. The molecule has 1 aromatic carbocycles. The lowest BCUT2D eigenvalue weighted by Crippen LogP contribution is -2.34. The van der Waals surface area contributed by atoms with Crippen molar-refractivity contribution in [1.29, 1.82) is 0 Å². The van der Waals surface area contributed by atoms with Crippen LogP contribution in [0.4, 0.5) is 0 Å². The maximum atomic E-state index is 12.5. The van der Waals surface area contributed by atoms with Crippen molar-refractivity contribution in [3.63, 3.8) is 0 Å². The molecule has 1 aromatic rings. The summed E-state index contributed by atoms with van der Waals surface area (Å²) in [5.74, 6) is 0.253. The van der Waals surface area contributed by atoms with Gasteiger partial charge in [-0.25, -0.2) is 0 Å². The standard InChI is InChI=1S/C19H29NO/c1-6-8-13-20(18(21)14-19(3,4)5)15-17-11-9-16(7-2)10-12-17/h7,9-12H,2,6,8,13-15H2,1,3-5H3. The summed E-state index contributed by atoms with van der Waals surface area (Å²) in [5.41, 5.74) is 2.33. The minimum absolute atomic E-state index is 0.0360. The van der Waals surface area contributed by atoms with Gasteiger partial charge in [0.2, 0.25) is 5.91 Å². The number of carbonyl (C=O) groups is 1. The van der Waals surface area contributed by atoms with Gasteiger partial charge in [0.05, 0.1) is 0 Å².